The second-order valence-electron chi connectivity index (χ2n) is 4.78. The van der Waals surface area contributed by atoms with Crippen LogP contribution in [0.4, 0.5) is 5.95 Å². The first-order chi connectivity index (χ1) is 9.79. The molecule has 0 aliphatic heterocycles. The predicted octanol–water partition coefficient (Wildman–Crippen LogP) is 2.28. The Bertz CT molecular complexity index is 510. The Hall–Kier alpha value is -1.88. The van der Waals surface area contributed by atoms with Crippen molar-refractivity contribution in [1.82, 2.24) is 14.5 Å². The van der Waals surface area contributed by atoms with E-state index in [4.69, 9.17) is 4.74 Å². The van der Waals surface area contributed by atoms with Crippen LogP contribution >= 0.6 is 0 Å². The Morgan fingerprint density at radius 3 is 3.05 bits per heavy atom. The van der Waals surface area contributed by atoms with Gasteiger partial charge in [0.2, 0.25) is 5.95 Å². The lowest BCUT2D eigenvalue weighted by Crippen LogP contribution is -2.11. The van der Waals surface area contributed by atoms with E-state index in [1.165, 1.54) is 5.56 Å². The van der Waals surface area contributed by atoms with Gasteiger partial charge in [0, 0.05) is 45.4 Å². The molecule has 0 aromatic carbocycles. The highest BCUT2D eigenvalue weighted by atomic mass is 16.5. The van der Waals surface area contributed by atoms with Gasteiger partial charge in [0.25, 0.3) is 0 Å². The number of aromatic nitrogens is 3. The molecule has 108 valence electrons. The molecule has 2 aromatic heterocycles. The molecule has 1 N–H and O–H groups in total. The van der Waals surface area contributed by atoms with Gasteiger partial charge in [-0.05, 0) is 31.4 Å². The van der Waals surface area contributed by atoms with Crippen molar-refractivity contribution < 1.29 is 4.74 Å². The molecule has 0 aliphatic carbocycles. The van der Waals surface area contributed by atoms with Gasteiger partial charge in [-0.1, -0.05) is 6.07 Å². The maximum atomic E-state index is 5.09. The number of methoxy groups -OCH3 is 1. The molecule has 20 heavy (non-hydrogen) atoms. The summed E-state index contributed by atoms with van der Waals surface area (Å²) in [7, 11) is 1.73. The van der Waals surface area contributed by atoms with E-state index in [2.05, 4.69) is 32.1 Å². The number of rotatable bonds is 8. The fourth-order valence-corrected chi connectivity index (χ4v) is 2.10. The summed E-state index contributed by atoms with van der Waals surface area (Å²) < 4.78 is 7.24. The second-order valence-corrected chi connectivity index (χ2v) is 4.78. The zero-order valence-corrected chi connectivity index (χ0v) is 12.2. The molecule has 0 amide bonds. The first-order valence-corrected chi connectivity index (χ1v) is 6.95. The minimum absolute atomic E-state index is 0.770. The average Bonchev–Trinajstić information content (AvgIpc) is 2.81. The van der Waals surface area contributed by atoms with Crippen molar-refractivity contribution in [3.8, 4) is 0 Å². The van der Waals surface area contributed by atoms with Gasteiger partial charge in [0.15, 0.2) is 0 Å². The molecule has 0 saturated carbocycles. The lowest BCUT2D eigenvalue weighted by atomic mass is 10.2. The summed E-state index contributed by atoms with van der Waals surface area (Å²) in [4.78, 5) is 8.64. The number of ether oxygens (including phenoxy) is 1. The van der Waals surface area contributed by atoms with Crippen LogP contribution in [0, 0.1) is 6.92 Å². The molecule has 0 bridgehead atoms. The monoisotopic (exact) mass is 274 g/mol. The largest absolute Gasteiger partial charge is 0.385 e. The number of pyridine rings is 1. The van der Waals surface area contributed by atoms with Crippen LogP contribution in [0.3, 0.4) is 0 Å². The van der Waals surface area contributed by atoms with E-state index < -0.39 is 0 Å². The summed E-state index contributed by atoms with van der Waals surface area (Å²) in [6, 6.07) is 4.05. The van der Waals surface area contributed by atoms with Gasteiger partial charge in [-0.15, -0.1) is 0 Å². The van der Waals surface area contributed by atoms with E-state index in [1.54, 1.807) is 13.3 Å². The normalized spacial score (nSPS) is 10.7. The highest BCUT2D eigenvalue weighted by molar-refractivity contribution is 5.29. The van der Waals surface area contributed by atoms with Crippen LogP contribution in [0.15, 0.2) is 30.7 Å². The van der Waals surface area contributed by atoms with Crippen LogP contribution in [0.25, 0.3) is 0 Å². The average molecular weight is 274 g/mol. The van der Waals surface area contributed by atoms with Crippen LogP contribution in [0.2, 0.25) is 0 Å². The Morgan fingerprint density at radius 1 is 1.40 bits per heavy atom. The minimum Gasteiger partial charge on any atom is -0.385 e. The molecule has 0 aliphatic rings. The fraction of sp³-hybridized carbons (Fsp3) is 0.467. The summed E-state index contributed by atoms with van der Waals surface area (Å²) in [6.07, 6.45) is 7.70. The van der Waals surface area contributed by atoms with Crippen LogP contribution < -0.4 is 5.32 Å². The number of nitrogens with zero attached hydrogens (tertiary/aromatic N) is 3. The highest BCUT2D eigenvalue weighted by Crippen LogP contribution is 2.09. The van der Waals surface area contributed by atoms with Gasteiger partial charge < -0.3 is 14.6 Å². The molecule has 5 heteroatoms. The SMILES string of the molecule is COCCCn1cc(C)nc1NCCc1cccnc1. The first-order valence-electron chi connectivity index (χ1n) is 6.95. The molecule has 0 unspecified atom stereocenters. The summed E-state index contributed by atoms with van der Waals surface area (Å²) in [5.74, 6) is 0.933. The fourth-order valence-electron chi connectivity index (χ4n) is 2.10. The third-order valence-electron chi connectivity index (χ3n) is 3.06. The number of nitrogens with one attached hydrogen (secondary N) is 1. The standard InChI is InChI=1S/C15H22N4O/c1-13-12-19(9-4-10-20-2)15(18-13)17-8-6-14-5-3-7-16-11-14/h3,5,7,11-12H,4,6,8-10H2,1-2H3,(H,17,18). The van der Waals surface area contributed by atoms with E-state index in [1.807, 2.05) is 19.2 Å². The number of anilines is 1. The molecule has 0 fully saturated rings. The van der Waals surface area contributed by atoms with Crippen LogP contribution in [-0.4, -0.2) is 34.8 Å². The zero-order valence-electron chi connectivity index (χ0n) is 12.2. The summed E-state index contributed by atoms with van der Waals surface area (Å²) >= 11 is 0. The van der Waals surface area contributed by atoms with Crippen molar-refractivity contribution in [3.63, 3.8) is 0 Å². The Morgan fingerprint density at radius 2 is 2.30 bits per heavy atom. The van der Waals surface area contributed by atoms with Gasteiger partial charge in [-0.25, -0.2) is 4.98 Å². The predicted molar refractivity (Wildman–Crippen MR) is 79.9 cm³/mol. The van der Waals surface area contributed by atoms with Crippen molar-refractivity contribution in [2.45, 2.75) is 26.3 Å². The lowest BCUT2D eigenvalue weighted by molar-refractivity contribution is 0.190. The van der Waals surface area contributed by atoms with Crippen LogP contribution in [0.5, 0.6) is 0 Å². The number of hydrogen-bond acceptors (Lipinski definition) is 4. The maximum absolute atomic E-state index is 5.09. The molecular weight excluding hydrogens is 252 g/mol. The topological polar surface area (TPSA) is 52.0 Å². The number of hydrogen-bond donors (Lipinski definition) is 1. The molecule has 2 heterocycles. The van der Waals surface area contributed by atoms with E-state index in [-0.39, 0.29) is 0 Å². The molecule has 0 spiro atoms. The molecule has 0 radical (unpaired) electrons. The number of imidazole rings is 1. The third kappa shape index (κ3) is 4.35. The smallest absolute Gasteiger partial charge is 0.203 e. The molecular formula is C15H22N4O. The van der Waals surface area contributed by atoms with E-state index in [9.17, 15) is 0 Å². The lowest BCUT2D eigenvalue weighted by Gasteiger charge is -2.09. The van der Waals surface area contributed by atoms with Crippen molar-refractivity contribution >= 4 is 5.95 Å². The Balaban J connectivity index is 1.85. The minimum atomic E-state index is 0.770. The van der Waals surface area contributed by atoms with E-state index >= 15 is 0 Å². The van der Waals surface area contributed by atoms with Gasteiger partial charge in [-0.3, -0.25) is 4.98 Å². The van der Waals surface area contributed by atoms with Crippen LogP contribution in [0.1, 0.15) is 17.7 Å². The van der Waals surface area contributed by atoms with E-state index in [0.29, 0.717) is 0 Å². The molecule has 0 atom stereocenters. The van der Waals surface area contributed by atoms with Crippen LogP contribution in [-0.2, 0) is 17.7 Å². The van der Waals surface area contributed by atoms with Crippen molar-refractivity contribution in [1.29, 1.82) is 0 Å². The Kier molecular flexibility index (Phi) is 5.55. The highest BCUT2D eigenvalue weighted by Gasteiger charge is 2.04. The maximum Gasteiger partial charge on any atom is 0.203 e. The molecule has 2 aromatic rings. The van der Waals surface area contributed by atoms with Gasteiger partial charge in [0.1, 0.15) is 0 Å². The van der Waals surface area contributed by atoms with Gasteiger partial charge in [-0.2, -0.15) is 0 Å². The summed E-state index contributed by atoms with van der Waals surface area (Å²) in [6.45, 7) is 4.56. The zero-order chi connectivity index (χ0) is 14.2. The molecule has 0 saturated heterocycles. The number of aryl methyl sites for hydroxylation is 2. The molecule has 2 rings (SSSR count). The van der Waals surface area contributed by atoms with Crippen molar-refractivity contribution in [3.05, 3.63) is 42.0 Å². The van der Waals surface area contributed by atoms with Crippen molar-refractivity contribution in [2.75, 3.05) is 25.6 Å². The summed E-state index contributed by atoms with van der Waals surface area (Å²) in [5, 5.41) is 3.39. The summed E-state index contributed by atoms with van der Waals surface area (Å²) in [5.41, 5.74) is 2.26. The quantitative estimate of drug-likeness (QED) is 0.750. The third-order valence-corrected chi connectivity index (χ3v) is 3.06. The van der Waals surface area contributed by atoms with E-state index in [0.717, 1.165) is 44.2 Å². The van der Waals surface area contributed by atoms with Gasteiger partial charge in [0.05, 0.1) is 5.69 Å². The second kappa shape index (κ2) is 7.65. The first kappa shape index (κ1) is 14.5. The van der Waals surface area contributed by atoms with Gasteiger partial charge >= 0.3 is 0 Å². The van der Waals surface area contributed by atoms with Crippen molar-refractivity contribution in [2.24, 2.45) is 0 Å². The molecule has 5 nitrogen and oxygen atoms in total. The Labute approximate surface area is 120 Å².